The maximum Gasteiger partial charge on any atom is 0.326 e. The predicted octanol–water partition coefficient (Wildman–Crippen LogP) is -0.602. The zero-order valence-electron chi connectivity index (χ0n) is 11.4. The van der Waals surface area contributed by atoms with E-state index < -0.39 is 29.9 Å². The number of hydrogen-bond acceptors (Lipinski definition) is 5. The van der Waals surface area contributed by atoms with Gasteiger partial charge in [0.15, 0.2) is 5.76 Å². The number of likely N-dealkylation sites (tertiary alicyclic amines) is 1. The van der Waals surface area contributed by atoms with Crippen LogP contribution in [0.25, 0.3) is 0 Å². The van der Waals surface area contributed by atoms with Crippen LogP contribution in [0.4, 0.5) is 0 Å². The molecule has 0 aliphatic carbocycles. The minimum absolute atomic E-state index is 0.00306. The Kier molecular flexibility index (Phi) is 4.27. The monoisotopic (exact) mass is 296 g/mol. The van der Waals surface area contributed by atoms with Crippen LogP contribution in [0.3, 0.4) is 0 Å². The highest BCUT2D eigenvalue weighted by Crippen LogP contribution is 2.18. The molecule has 21 heavy (non-hydrogen) atoms. The summed E-state index contributed by atoms with van der Waals surface area (Å²) in [6.07, 6.45) is 0.484. The fourth-order valence-corrected chi connectivity index (χ4v) is 2.28. The Balaban J connectivity index is 2.00. The zero-order valence-corrected chi connectivity index (χ0v) is 11.4. The molecule has 8 nitrogen and oxygen atoms in total. The number of β-amino-alcohol motifs (C(OH)–C–C–N with tert-alkyl or cyclic N) is 1. The molecule has 1 aromatic heterocycles. The van der Waals surface area contributed by atoms with Crippen LogP contribution in [0.1, 0.15) is 17.0 Å². The van der Waals surface area contributed by atoms with Crippen molar-refractivity contribution in [2.45, 2.75) is 18.6 Å². The van der Waals surface area contributed by atoms with Gasteiger partial charge in [-0.05, 0) is 12.1 Å². The van der Waals surface area contributed by atoms with Crippen molar-refractivity contribution in [2.24, 2.45) is 0 Å². The molecule has 2 amide bonds. The van der Waals surface area contributed by atoms with E-state index in [1.807, 2.05) is 0 Å². The molecule has 8 heteroatoms. The molecule has 114 valence electrons. The number of carbonyl (C=O) groups is 3. The van der Waals surface area contributed by atoms with E-state index in [1.54, 1.807) is 6.07 Å². The number of aliphatic hydroxyl groups is 1. The fourth-order valence-electron chi connectivity index (χ4n) is 2.28. The van der Waals surface area contributed by atoms with E-state index in [1.165, 1.54) is 19.4 Å². The number of furan rings is 1. The van der Waals surface area contributed by atoms with Crippen LogP contribution in [0, 0.1) is 0 Å². The van der Waals surface area contributed by atoms with E-state index >= 15 is 0 Å². The van der Waals surface area contributed by atoms with Gasteiger partial charge in [-0.15, -0.1) is 0 Å². The molecule has 0 bridgehead atoms. The molecule has 0 aromatic carbocycles. The lowest BCUT2D eigenvalue weighted by Gasteiger charge is -2.24. The predicted molar refractivity (Wildman–Crippen MR) is 69.4 cm³/mol. The van der Waals surface area contributed by atoms with E-state index in [9.17, 15) is 19.5 Å². The Labute approximate surface area is 120 Å². The second kappa shape index (κ2) is 5.96. The summed E-state index contributed by atoms with van der Waals surface area (Å²) in [5.74, 6) is -2.07. The highest BCUT2D eigenvalue weighted by Gasteiger charge is 2.39. The summed E-state index contributed by atoms with van der Waals surface area (Å²) < 4.78 is 4.95. The van der Waals surface area contributed by atoms with E-state index in [0.29, 0.717) is 0 Å². The van der Waals surface area contributed by atoms with Crippen LogP contribution in [-0.4, -0.2) is 70.1 Å². The van der Waals surface area contributed by atoms with Crippen LogP contribution in [-0.2, 0) is 9.59 Å². The highest BCUT2D eigenvalue weighted by molar-refractivity contribution is 5.94. The van der Waals surface area contributed by atoms with Gasteiger partial charge >= 0.3 is 5.97 Å². The minimum atomic E-state index is -1.17. The third kappa shape index (κ3) is 3.22. The van der Waals surface area contributed by atoms with Crippen molar-refractivity contribution >= 4 is 17.8 Å². The summed E-state index contributed by atoms with van der Waals surface area (Å²) in [7, 11) is 1.42. The average Bonchev–Trinajstić information content (AvgIpc) is 3.06. The first-order valence-electron chi connectivity index (χ1n) is 6.39. The van der Waals surface area contributed by atoms with Crippen LogP contribution in [0.2, 0.25) is 0 Å². The Bertz CT molecular complexity index is 541. The van der Waals surface area contributed by atoms with Gasteiger partial charge in [0.2, 0.25) is 5.91 Å². The molecule has 0 unspecified atom stereocenters. The van der Waals surface area contributed by atoms with Crippen LogP contribution < -0.4 is 0 Å². The Morgan fingerprint density at radius 3 is 2.76 bits per heavy atom. The van der Waals surface area contributed by atoms with Gasteiger partial charge in [-0.3, -0.25) is 9.59 Å². The normalized spacial score (nSPS) is 21.3. The van der Waals surface area contributed by atoms with Gasteiger partial charge in [0.05, 0.1) is 18.9 Å². The molecule has 1 saturated heterocycles. The van der Waals surface area contributed by atoms with Crippen molar-refractivity contribution in [3.05, 3.63) is 24.2 Å². The molecule has 1 aliphatic rings. The lowest BCUT2D eigenvalue weighted by atomic mass is 10.2. The van der Waals surface area contributed by atoms with Gasteiger partial charge in [0.1, 0.15) is 6.04 Å². The highest BCUT2D eigenvalue weighted by atomic mass is 16.4. The molecular weight excluding hydrogens is 280 g/mol. The van der Waals surface area contributed by atoms with Gasteiger partial charge in [-0.2, -0.15) is 0 Å². The Morgan fingerprint density at radius 1 is 1.48 bits per heavy atom. The largest absolute Gasteiger partial charge is 0.480 e. The number of amides is 2. The van der Waals surface area contributed by atoms with Crippen molar-refractivity contribution < 1.29 is 29.0 Å². The van der Waals surface area contributed by atoms with Crippen molar-refractivity contribution in [2.75, 3.05) is 20.1 Å². The number of carboxylic acids is 1. The first kappa shape index (κ1) is 15.0. The summed E-state index contributed by atoms with van der Waals surface area (Å²) in [6, 6.07) is 1.97. The number of nitrogens with zero attached hydrogens (tertiary/aromatic N) is 2. The number of carboxylic acid groups (broad SMARTS) is 1. The number of aliphatic hydroxyl groups excluding tert-OH is 1. The maximum atomic E-state index is 12.1. The van der Waals surface area contributed by atoms with Gasteiger partial charge in [0.25, 0.3) is 5.91 Å². The third-order valence-electron chi connectivity index (χ3n) is 3.34. The molecule has 1 aromatic rings. The van der Waals surface area contributed by atoms with Crippen LogP contribution in [0.15, 0.2) is 22.8 Å². The van der Waals surface area contributed by atoms with Crippen LogP contribution in [0.5, 0.6) is 0 Å². The molecule has 0 spiro atoms. The Morgan fingerprint density at radius 2 is 2.19 bits per heavy atom. The summed E-state index contributed by atoms with van der Waals surface area (Å²) in [6.45, 7) is -0.325. The average molecular weight is 296 g/mol. The van der Waals surface area contributed by atoms with Crippen molar-refractivity contribution in [3.63, 3.8) is 0 Å². The third-order valence-corrected chi connectivity index (χ3v) is 3.34. The Hall–Kier alpha value is -2.35. The van der Waals surface area contributed by atoms with Gasteiger partial charge in [0, 0.05) is 20.0 Å². The second-order valence-electron chi connectivity index (χ2n) is 4.93. The van der Waals surface area contributed by atoms with Gasteiger partial charge in [-0.25, -0.2) is 4.79 Å². The molecule has 2 heterocycles. The quantitative estimate of drug-likeness (QED) is 0.767. The van der Waals surface area contributed by atoms with Crippen molar-refractivity contribution in [1.82, 2.24) is 9.80 Å². The number of hydrogen-bond donors (Lipinski definition) is 2. The van der Waals surface area contributed by atoms with Gasteiger partial charge in [-0.1, -0.05) is 0 Å². The zero-order chi connectivity index (χ0) is 15.6. The van der Waals surface area contributed by atoms with E-state index in [4.69, 9.17) is 9.52 Å². The van der Waals surface area contributed by atoms with Crippen molar-refractivity contribution in [1.29, 1.82) is 0 Å². The number of aliphatic carboxylic acids is 1. The minimum Gasteiger partial charge on any atom is -0.480 e. The maximum absolute atomic E-state index is 12.1. The second-order valence-corrected chi connectivity index (χ2v) is 4.93. The standard InChI is InChI=1S/C13H16N2O6/c1-14(12(18)10-3-2-4-21-10)7-11(17)15-6-8(16)5-9(15)13(19)20/h2-4,8-9,16H,5-7H2,1H3,(H,19,20)/t8-,9-/m0/s1. The van der Waals surface area contributed by atoms with Crippen molar-refractivity contribution in [3.8, 4) is 0 Å². The fraction of sp³-hybridized carbons (Fsp3) is 0.462. The van der Waals surface area contributed by atoms with Gasteiger partial charge < -0.3 is 24.4 Å². The molecule has 2 atom stereocenters. The summed E-state index contributed by atoms with van der Waals surface area (Å²) >= 11 is 0. The lowest BCUT2D eigenvalue weighted by molar-refractivity contribution is -0.148. The number of rotatable bonds is 4. The SMILES string of the molecule is CN(CC(=O)N1C[C@@H](O)C[C@H]1C(=O)O)C(=O)c1ccco1. The number of carbonyl (C=O) groups excluding carboxylic acids is 2. The molecule has 0 saturated carbocycles. The lowest BCUT2D eigenvalue weighted by Crippen LogP contribution is -2.46. The number of likely N-dealkylation sites (N-methyl/N-ethyl adjacent to an activating group) is 1. The van der Waals surface area contributed by atoms with E-state index in [-0.39, 0.29) is 25.3 Å². The molecule has 2 rings (SSSR count). The smallest absolute Gasteiger partial charge is 0.326 e. The van der Waals surface area contributed by atoms with E-state index in [0.717, 1.165) is 9.80 Å². The van der Waals surface area contributed by atoms with Crippen LogP contribution >= 0.6 is 0 Å². The summed E-state index contributed by atoms with van der Waals surface area (Å²) in [5.41, 5.74) is 0. The summed E-state index contributed by atoms with van der Waals surface area (Å²) in [4.78, 5) is 37.3. The molecular formula is C13H16N2O6. The molecule has 1 fully saturated rings. The summed E-state index contributed by atoms with van der Waals surface area (Å²) in [5, 5.41) is 18.6. The van der Waals surface area contributed by atoms with E-state index in [2.05, 4.69) is 0 Å². The molecule has 2 N–H and O–H groups in total. The molecule has 1 aliphatic heterocycles. The first-order valence-corrected chi connectivity index (χ1v) is 6.39. The topological polar surface area (TPSA) is 111 Å². The first-order chi connectivity index (χ1) is 9.90. The molecule has 0 radical (unpaired) electrons.